The molecule has 1 atom stereocenters. The summed E-state index contributed by atoms with van der Waals surface area (Å²) in [6.07, 6.45) is 2.07. The molecule has 2 N–H and O–H groups in total. The van der Waals surface area contributed by atoms with E-state index in [1.54, 1.807) is 25.1 Å². The summed E-state index contributed by atoms with van der Waals surface area (Å²) >= 11 is 0. The Bertz CT molecular complexity index is 779. The van der Waals surface area contributed by atoms with Gasteiger partial charge < -0.3 is 10.1 Å². The van der Waals surface area contributed by atoms with Crippen LogP contribution in [0.1, 0.15) is 43.5 Å². The SMILES string of the molecule is CCCC[C@]1(C)NC(=O)N(CC(=O)OCC(=O)NC(=O)c2ccccc2)C1=O. The van der Waals surface area contributed by atoms with Gasteiger partial charge in [-0.15, -0.1) is 0 Å². The van der Waals surface area contributed by atoms with E-state index in [0.29, 0.717) is 6.42 Å². The zero-order valence-corrected chi connectivity index (χ0v) is 15.8. The molecule has 1 saturated heterocycles. The van der Waals surface area contributed by atoms with Gasteiger partial charge in [0.1, 0.15) is 12.1 Å². The summed E-state index contributed by atoms with van der Waals surface area (Å²) in [5, 5.41) is 4.67. The van der Waals surface area contributed by atoms with Crippen LogP contribution in [0.3, 0.4) is 0 Å². The van der Waals surface area contributed by atoms with Crippen LogP contribution in [0, 0.1) is 0 Å². The summed E-state index contributed by atoms with van der Waals surface area (Å²) in [5.74, 6) is -2.87. The second-order valence-electron chi connectivity index (χ2n) is 6.66. The molecule has 0 aliphatic carbocycles. The number of imide groups is 2. The minimum Gasteiger partial charge on any atom is -0.454 e. The highest BCUT2D eigenvalue weighted by molar-refractivity contribution is 6.08. The number of hydrogen-bond donors (Lipinski definition) is 2. The van der Waals surface area contributed by atoms with Crippen molar-refractivity contribution >= 4 is 29.7 Å². The molecule has 0 aromatic heterocycles. The Morgan fingerprint density at radius 2 is 1.86 bits per heavy atom. The Kier molecular flexibility index (Phi) is 6.86. The molecule has 2 rings (SSSR count). The van der Waals surface area contributed by atoms with Crippen molar-refractivity contribution in [2.24, 2.45) is 0 Å². The summed E-state index contributed by atoms with van der Waals surface area (Å²) < 4.78 is 4.77. The van der Waals surface area contributed by atoms with Crippen LogP contribution >= 0.6 is 0 Å². The third-order valence-corrected chi connectivity index (χ3v) is 4.32. The van der Waals surface area contributed by atoms with Crippen LogP contribution in [0.2, 0.25) is 0 Å². The normalized spacial score (nSPS) is 18.6. The van der Waals surface area contributed by atoms with E-state index in [0.717, 1.165) is 17.7 Å². The molecular formula is C19H23N3O6. The van der Waals surface area contributed by atoms with E-state index in [1.807, 2.05) is 6.92 Å². The standard InChI is InChI=1S/C19H23N3O6/c1-3-4-10-19(2)17(26)22(18(27)21-19)11-15(24)28-12-14(23)20-16(25)13-8-6-5-7-9-13/h5-9H,3-4,10-12H2,1-2H3,(H,21,27)(H,20,23,25)/t19-/m0/s1. The molecule has 5 amide bonds. The topological polar surface area (TPSA) is 122 Å². The Morgan fingerprint density at radius 3 is 2.50 bits per heavy atom. The highest BCUT2D eigenvalue weighted by Gasteiger charge is 2.47. The third kappa shape index (κ3) is 5.15. The van der Waals surface area contributed by atoms with Crippen LogP contribution in [0.4, 0.5) is 4.79 Å². The Hall–Kier alpha value is -3.23. The third-order valence-electron chi connectivity index (χ3n) is 4.32. The van der Waals surface area contributed by atoms with Gasteiger partial charge in [0.25, 0.3) is 17.7 Å². The fraction of sp³-hybridized carbons (Fsp3) is 0.421. The van der Waals surface area contributed by atoms with Crippen molar-refractivity contribution in [1.82, 2.24) is 15.5 Å². The highest BCUT2D eigenvalue weighted by atomic mass is 16.5. The molecule has 0 saturated carbocycles. The zero-order valence-electron chi connectivity index (χ0n) is 15.8. The minimum absolute atomic E-state index is 0.285. The fourth-order valence-corrected chi connectivity index (χ4v) is 2.74. The number of esters is 1. The lowest BCUT2D eigenvalue weighted by atomic mass is 9.95. The lowest BCUT2D eigenvalue weighted by Gasteiger charge is -2.21. The van der Waals surface area contributed by atoms with E-state index < -0.39 is 48.4 Å². The predicted molar refractivity (Wildman–Crippen MR) is 98.0 cm³/mol. The number of ether oxygens (including phenoxy) is 1. The van der Waals surface area contributed by atoms with Crippen molar-refractivity contribution in [1.29, 1.82) is 0 Å². The summed E-state index contributed by atoms with van der Waals surface area (Å²) in [5.41, 5.74) is -0.764. The van der Waals surface area contributed by atoms with Gasteiger partial charge in [0.05, 0.1) is 0 Å². The molecule has 1 aliphatic rings. The van der Waals surface area contributed by atoms with Crippen molar-refractivity contribution < 1.29 is 28.7 Å². The van der Waals surface area contributed by atoms with Crippen molar-refractivity contribution in [3.63, 3.8) is 0 Å². The van der Waals surface area contributed by atoms with Crippen molar-refractivity contribution in [3.05, 3.63) is 35.9 Å². The summed E-state index contributed by atoms with van der Waals surface area (Å²) in [4.78, 5) is 60.7. The van der Waals surface area contributed by atoms with Crippen molar-refractivity contribution in [3.8, 4) is 0 Å². The number of nitrogens with one attached hydrogen (secondary N) is 2. The minimum atomic E-state index is -1.05. The van der Waals surface area contributed by atoms with Gasteiger partial charge in [-0.2, -0.15) is 0 Å². The van der Waals surface area contributed by atoms with E-state index >= 15 is 0 Å². The van der Waals surface area contributed by atoms with E-state index in [4.69, 9.17) is 4.74 Å². The van der Waals surface area contributed by atoms with Gasteiger partial charge in [0, 0.05) is 5.56 Å². The van der Waals surface area contributed by atoms with E-state index in [2.05, 4.69) is 10.6 Å². The molecule has 150 valence electrons. The Balaban J connectivity index is 1.82. The van der Waals surface area contributed by atoms with E-state index in [9.17, 15) is 24.0 Å². The van der Waals surface area contributed by atoms with Crippen molar-refractivity contribution in [2.75, 3.05) is 13.2 Å². The number of rotatable bonds is 8. The maximum absolute atomic E-state index is 12.4. The number of urea groups is 1. The quantitative estimate of drug-likeness (QED) is 0.505. The fourth-order valence-electron chi connectivity index (χ4n) is 2.74. The first kappa shape index (κ1) is 21.1. The average Bonchev–Trinajstić information content (AvgIpc) is 2.89. The smallest absolute Gasteiger partial charge is 0.326 e. The molecule has 0 spiro atoms. The lowest BCUT2D eigenvalue weighted by molar-refractivity contribution is -0.150. The summed E-state index contributed by atoms with van der Waals surface area (Å²) in [6, 6.07) is 7.40. The number of carbonyl (C=O) groups excluding carboxylic acids is 5. The predicted octanol–water partition coefficient (Wildman–Crippen LogP) is 0.987. The molecular weight excluding hydrogens is 366 g/mol. The molecule has 0 radical (unpaired) electrons. The second-order valence-corrected chi connectivity index (χ2v) is 6.66. The van der Waals surface area contributed by atoms with Crippen LogP contribution in [0.5, 0.6) is 0 Å². The first-order chi connectivity index (χ1) is 13.3. The first-order valence-corrected chi connectivity index (χ1v) is 8.96. The van der Waals surface area contributed by atoms with E-state index in [-0.39, 0.29) is 5.56 Å². The number of unbranched alkanes of at least 4 members (excludes halogenated alkanes) is 1. The van der Waals surface area contributed by atoms with Gasteiger partial charge in [-0.1, -0.05) is 38.0 Å². The molecule has 0 unspecified atom stereocenters. The number of carbonyl (C=O) groups is 5. The molecule has 28 heavy (non-hydrogen) atoms. The van der Waals surface area contributed by atoms with Gasteiger partial charge in [-0.25, -0.2) is 4.79 Å². The van der Waals surface area contributed by atoms with E-state index in [1.165, 1.54) is 12.1 Å². The maximum Gasteiger partial charge on any atom is 0.326 e. The van der Waals surface area contributed by atoms with Crippen LogP contribution in [-0.2, 0) is 19.1 Å². The van der Waals surface area contributed by atoms with Gasteiger partial charge in [0.2, 0.25) is 0 Å². The molecule has 1 aromatic carbocycles. The number of nitrogens with zero attached hydrogens (tertiary/aromatic N) is 1. The monoisotopic (exact) mass is 389 g/mol. The second kappa shape index (κ2) is 9.12. The van der Waals surface area contributed by atoms with Crippen LogP contribution in [0.15, 0.2) is 30.3 Å². The van der Waals surface area contributed by atoms with Gasteiger partial charge in [-0.3, -0.25) is 29.4 Å². The average molecular weight is 389 g/mol. The zero-order chi connectivity index (χ0) is 20.7. The van der Waals surface area contributed by atoms with Gasteiger partial charge in [0.15, 0.2) is 6.61 Å². The first-order valence-electron chi connectivity index (χ1n) is 8.96. The molecule has 1 aliphatic heterocycles. The molecule has 1 fully saturated rings. The Morgan fingerprint density at radius 1 is 1.18 bits per heavy atom. The van der Waals surface area contributed by atoms with Gasteiger partial charge >= 0.3 is 12.0 Å². The van der Waals surface area contributed by atoms with Crippen molar-refractivity contribution in [2.45, 2.75) is 38.6 Å². The molecule has 9 heteroatoms. The number of benzene rings is 1. The summed E-state index contributed by atoms with van der Waals surface area (Å²) in [7, 11) is 0. The molecule has 1 heterocycles. The molecule has 1 aromatic rings. The van der Waals surface area contributed by atoms with Crippen LogP contribution < -0.4 is 10.6 Å². The van der Waals surface area contributed by atoms with Crippen LogP contribution in [0.25, 0.3) is 0 Å². The lowest BCUT2D eigenvalue weighted by Crippen LogP contribution is -2.44. The largest absolute Gasteiger partial charge is 0.454 e. The molecule has 0 bridgehead atoms. The van der Waals surface area contributed by atoms with Crippen LogP contribution in [-0.4, -0.2) is 53.3 Å². The number of amides is 5. The summed E-state index contributed by atoms with van der Waals surface area (Å²) in [6.45, 7) is 2.27. The van der Waals surface area contributed by atoms with Gasteiger partial charge in [-0.05, 0) is 25.5 Å². The molecule has 9 nitrogen and oxygen atoms in total. The maximum atomic E-state index is 12.4. The number of hydrogen-bond acceptors (Lipinski definition) is 6. The Labute approximate surface area is 162 Å². The highest BCUT2D eigenvalue weighted by Crippen LogP contribution is 2.23.